The van der Waals surface area contributed by atoms with Crippen molar-refractivity contribution in [2.24, 2.45) is 0 Å². The lowest BCUT2D eigenvalue weighted by Gasteiger charge is -2.20. The standard InChI is InChI=1S/C18H19NO2/c1-12-6-5-9-14-15(10-11-16(20)21)18(19-17(12)14)13-7-3-2-4-8-13/h2-9,15,18-19H,10-11H2,1H3,(H,20,21). The summed E-state index contributed by atoms with van der Waals surface area (Å²) in [5, 5.41) is 12.6. The number of hydrogen-bond donors (Lipinski definition) is 2. The van der Waals surface area contributed by atoms with E-state index in [2.05, 4.69) is 42.6 Å². The van der Waals surface area contributed by atoms with Gasteiger partial charge in [0.15, 0.2) is 0 Å². The molecule has 108 valence electrons. The lowest BCUT2D eigenvalue weighted by molar-refractivity contribution is -0.137. The van der Waals surface area contributed by atoms with Gasteiger partial charge in [-0.2, -0.15) is 0 Å². The van der Waals surface area contributed by atoms with Gasteiger partial charge in [-0.05, 0) is 30.0 Å². The van der Waals surface area contributed by atoms with E-state index in [4.69, 9.17) is 5.11 Å². The highest BCUT2D eigenvalue weighted by atomic mass is 16.4. The third kappa shape index (κ3) is 2.64. The second-order valence-corrected chi connectivity index (χ2v) is 5.61. The van der Waals surface area contributed by atoms with Gasteiger partial charge in [0, 0.05) is 18.0 Å². The van der Waals surface area contributed by atoms with Crippen LogP contribution in [0, 0.1) is 6.92 Å². The summed E-state index contributed by atoms with van der Waals surface area (Å²) < 4.78 is 0. The third-order valence-electron chi connectivity index (χ3n) is 4.23. The molecule has 0 radical (unpaired) electrons. The quantitative estimate of drug-likeness (QED) is 0.886. The van der Waals surface area contributed by atoms with Gasteiger partial charge in [0.05, 0.1) is 6.04 Å². The lowest BCUT2D eigenvalue weighted by atomic mass is 9.86. The molecular formula is C18H19NO2. The molecule has 0 saturated carbocycles. The van der Waals surface area contributed by atoms with Gasteiger partial charge in [0.1, 0.15) is 0 Å². The van der Waals surface area contributed by atoms with Gasteiger partial charge in [-0.15, -0.1) is 0 Å². The van der Waals surface area contributed by atoms with Gasteiger partial charge in [-0.1, -0.05) is 48.5 Å². The van der Waals surface area contributed by atoms with Gasteiger partial charge >= 0.3 is 5.97 Å². The van der Waals surface area contributed by atoms with Gasteiger partial charge in [-0.3, -0.25) is 4.79 Å². The van der Waals surface area contributed by atoms with E-state index in [1.807, 2.05) is 18.2 Å². The Morgan fingerprint density at radius 3 is 2.62 bits per heavy atom. The fourth-order valence-electron chi connectivity index (χ4n) is 3.21. The number of hydrogen-bond acceptors (Lipinski definition) is 2. The molecule has 3 nitrogen and oxygen atoms in total. The molecule has 1 aliphatic heterocycles. The summed E-state index contributed by atoms with van der Waals surface area (Å²) in [6.07, 6.45) is 0.849. The number of carbonyl (C=O) groups is 1. The Kier molecular flexibility index (Phi) is 3.65. The summed E-state index contributed by atoms with van der Waals surface area (Å²) in [6.45, 7) is 2.09. The first-order chi connectivity index (χ1) is 10.2. The third-order valence-corrected chi connectivity index (χ3v) is 4.23. The zero-order valence-electron chi connectivity index (χ0n) is 12.0. The Morgan fingerprint density at radius 1 is 1.14 bits per heavy atom. The van der Waals surface area contributed by atoms with E-state index in [1.165, 1.54) is 22.4 Å². The Balaban J connectivity index is 1.97. The Morgan fingerprint density at radius 2 is 1.90 bits per heavy atom. The first-order valence-corrected chi connectivity index (χ1v) is 7.29. The van der Waals surface area contributed by atoms with Gasteiger partial charge in [0.25, 0.3) is 0 Å². The number of anilines is 1. The number of aliphatic carboxylic acids is 1. The van der Waals surface area contributed by atoms with Crippen LogP contribution in [0.4, 0.5) is 5.69 Å². The molecule has 1 aliphatic rings. The summed E-state index contributed by atoms with van der Waals surface area (Å²) in [5.41, 5.74) is 4.83. The van der Waals surface area contributed by atoms with E-state index in [9.17, 15) is 4.79 Å². The highest BCUT2D eigenvalue weighted by Gasteiger charge is 2.33. The second-order valence-electron chi connectivity index (χ2n) is 5.61. The first kappa shape index (κ1) is 13.7. The molecule has 0 aromatic heterocycles. The number of para-hydroxylation sites is 1. The van der Waals surface area contributed by atoms with Crippen molar-refractivity contribution in [3.05, 3.63) is 65.2 Å². The molecule has 2 unspecified atom stereocenters. The number of nitrogens with one attached hydrogen (secondary N) is 1. The summed E-state index contributed by atoms with van der Waals surface area (Å²) in [7, 11) is 0. The van der Waals surface area contributed by atoms with Crippen LogP contribution in [-0.2, 0) is 4.79 Å². The van der Waals surface area contributed by atoms with Crippen LogP contribution >= 0.6 is 0 Å². The average Bonchev–Trinajstić information content (AvgIpc) is 2.86. The highest BCUT2D eigenvalue weighted by molar-refractivity contribution is 5.68. The maximum atomic E-state index is 11.0. The second kappa shape index (κ2) is 5.60. The number of benzene rings is 2. The van der Waals surface area contributed by atoms with E-state index in [1.54, 1.807) is 0 Å². The molecular weight excluding hydrogens is 262 g/mol. The number of aryl methyl sites for hydroxylation is 1. The van der Waals surface area contributed by atoms with Crippen molar-refractivity contribution in [3.63, 3.8) is 0 Å². The molecule has 2 atom stereocenters. The van der Waals surface area contributed by atoms with Crippen LogP contribution in [0.5, 0.6) is 0 Å². The Labute approximate surface area is 124 Å². The summed E-state index contributed by atoms with van der Waals surface area (Å²) in [5.74, 6) is -0.527. The average molecular weight is 281 g/mol. The van der Waals surface area contributed by atoms with Gasteiger partial charge < -0.3 is 10.4 Å². The Bertz CT molecular complexity index is 652. The molecule has 2 aromatic rings. The molecule has 0 aliphatic carbocycles. The predicted molar refractivity (Wildman–Crippen MR) is 83.6 cm³/mol. The molecule has 3 rings (SSSR count). The number of carboxylic acid groups (broad SMARTS) is 1. The summed E-state index contributed by atoms with van der Waals surface area (Å²) >= 11 is 0. The SMILES string of the molecule is Cc1cccc2c1NC(c1ccccc1)C2CCC(=O)O. The molecule has 1 heterocycles. The Hall–Kier alpha value is -2.29. The molecule has 0 saturated heterocycles. The largest absolute Gasteiger partial charge is 0.481 e. The first-order valence-electron chi connectivity index (χ1n) is 7.29. The molecule has 0 spiro atoms. The summed E-state index contributed by atoms with van der Waals surface area (Å²) in [6, 6.07) is 16.7. The molecule has 21 heavy (non-hydrogen) atoms. The maximum absolute atomic E-state index is 11.0. The molecule has 3 heteroatoms. The van der Waals surface area contributed by atoms with Crippen LogP contribution < -0.4 is 5.32 Å². The van der Waals surface area contributed by atoms with E-state index in [-0.39, 0.29) is 18.4 Å². The smallest absolute Gasteiger partial charge is 0.303 e. The molecule has 0 fully saturated rings. The minimum Gasteiger partial charge on any atom is -0.481 e. The zero-order chi connectivity index (χ0) is 14.8. The molecule has 0 bridgehead atoms. The van der Waals surface area contributed by atoms with Gasteiger partial charge in [-0.25, -0.2) is 0 Å². The highest BCUT2D eigenvalue weighted by Crippen LogP contribution is 2.47. The van der Waals surface area contributed by atoms with E-state index in [0.717, 1.165) is 0 Å². The van der Waals surface area contributed by atoms with Crippen molar-refractivity contribution >= 4 is 11.7 Å². The molecule has 2 N–H and O–H groups in total. The minimum atomic E-state index is -0.733. The normalized spacial score (nSPS) is 19.9. The van der Waals surface area contributed by atoms with E-state index >= 15 is 0 Å². The monoisotopic (exact) mass is 281 g/mol. The fraction of sp³-hybridized carbons (Fsp3) is 0.278. The van der Waals surface area contributed by atoms with Crippen molar-refractivity contribution < 1.29 is 9.90 Å². The van der Waals surface area contributed by atoms with Crippen LogP contribution in [-0.4, -0.2) is 11.1 Å². The number of rotatable bonds is 4. The maximum Gasteiger partial charge on any atom is 0.303 e. The van der Waals surface area contributed by atoms with Crippen LogP contribution in [0.3, 0.4) is 0 Å². The van der Waals surface area contributed by atoms with E-state index < -0.39 is 5.97 Å². The predicted octanol–water partition coefficient (Wildman–Crippen LogP) is 4.11. The molecule has 2 aromatic carbocycles. The number of carboxylic acids is 1. The summed E-state index contributed by atoms with van der Waals surface area (Å²) in [4.78, 5) is 11.0. The lowest BCUT2D eigenvalue weighted by Crippen LogP contribution is -2.13. The van der Waals surface area contributed by atoms with Crippen LogP contribution in [0.25, 0.3) is 0 Å². The van der Waals surface area contributed by atoms with Crippen molar-refractivity contribution in [1.29, 1.82) is 0 Å². The topological polar surface area (TPSA) is 49.3 Å². The zero-order valence-corrected chi connectivity index (χ0v) is 12.0. The van der Waals surface area contributed by atoms with Gasteiger partial charge in [0.2, 0.25) is 0 Å². The van der Waals surface area contributed by atoms with E-state index in [0.29, 0.717) is 6.42 Å². The van der Waals surface area contributed by atoms with Crippen LogP contribution in [0.2, 0.25) is 0 Å². The number of fused-ring (bicyclic) bond motifs is 1. The van der Waals surface area contributed by atoms with Crippen molar-refractivity contribution in [2.45, 2.75) is 31.7 Å². The van der Waals surface area contributed by atoms with Crippen molar-refractivity contribution in [3.8, 4) is 0 Å². The van der Waals surface area contributed by atoms with Crippen LogP contribution in [0.15, 0.2) is 48.5 Å². The van der Waals surface area contributed by atoms with Crippen molar-refractivity contribution in [2.75, 3.05) is 5.32 Å². The fourth-order valence-corrected chi connectivity index (χ4v) is 3.21. The molecule has 0 amide bonds. The van der Waals surface area contributed by atoms with Crippen molar-refractivity contribution in [1.82, 2.24) is 0 Å². The minimum absolute atomic E-state index is 0.154. The van der Waals surface area contributed by atoms with Crippen LogP contribution in [0.1, 0.15) is 41.5 Å².